The molecule has 0 aliphatic heterocycles. The zero-order chi connectivity index (χ0) is 30.2. The second kappa shape index (κ2) is 9.55. The first-order valence-corrected chi connectivity index (χ1v) is 15.3. The summed E-state index contributed by atoms with van der Waals surface area (Å²) in [5.41, 5.74) is 8.64. The van der Waals surface area contributed by atoms with Crippen molar-refractivity contribution in [2.75, 3.05) is 0 Å². The lowest BCUT2D eigenvalue weighted by Gasteiger charge is -2.10. The summed E-state index contributed by atoms with van der Waals surface area (Å²) < 4.78 is 4.53. The first kappa shape index (κ1) is 25.0. The Bertz CT molecular complexity index is 2620. The molecule has 0 fully saturated rings. The summed E-state index contributed by atoms with van der Waals surface area (Å²) in [6.45, 7) is 0. The van der Waals surface area contributed by atoms with Crippen LogP contribution in [0.2, 0.25) is 0 Å². The molecule has 6 heteroatoms. The van der Waals surface area contributed by atoms with Crippen LogP contribution in [0.15, 0.2) is 146 Å². The molecule has 0 saturated carbocycles. The second-order valence-corrected chi connectivity index (χ2v) is 11.6. The number of aromatic nitrogens is 6. The lowest BCUT2D eigenvalue weighted by atomic mass is 10.0. The van der Waals surface area contributed by atoms with Crippen molar-refractivity contribution in [1.29, 1.82) is 0 Å². The number of hydrogen-bond donors (Lipinski definition) is 0. The van der Waals surface area contributed by atoms with Crippen LogP contribution in [-0.2, 0) is 0 Å². The molecule has 0 aliphatic rings. The maximum atomic E-state index is 4.78. The van der Waals surface area contributed by atoms with E-state index in [4.69, 9.17) is 9.97 Å². The predicted octanol–water partition coefficient (Wildman–Crippen LogP) is 9.43. The second-order valence-electron chi connectivity index (χ2n) is 11.6. The van der Waals surface area contributed by atoms with Gasteiger partial charge in [-0.2, -0.15) is 0 Å². The van der Waals surface area contributed by atoms with Crippen molar-refractivity contribution >= 4 is 65.4 Å². The SMILES string of the molecule is c1ccc2c(-n3c4ccccc4c4cc(-c5ccc6c(c5)c5ccccc5n6-c5ncnc6ccccc56)ccc43)ncnc2c1. The van der Waals surface area contributed by atoms with Crippen molar-refractivity contribution in [3.63, 3.8) is 0 Å². The highest BCUT2D eigenvalue weighted by Gasteiger charge is 2.18. The Morgan fingerprint density at radius 3 is 1.20 bits per heavy atom. The molecule has 6 aromatic carbocycles. The number of benzene rings is 6. The van der Waals surface area contributed by atoms with Crippen LogP contribution < -0.4 is 0 Å². The van der Waals surface area contributed by atoms with E-state index in [0.717, 1.165) is 66.6 Å². The van der Waals surface area contributed by atoms with Gasteiger partial charge in [0.15, 0.2) is 0 Å². The van der Waals surface area contributed by atoms with Gasteiger partial charge in [-0.25, -0.2) is 19.9 Å². The lowest BCUT2D eigenvalue weighted by Crippen LogP contribution is -1.99. The topological polar surface area (TPSA) is 61.4 Å². The van der Waals surface area contributed by atoms with Gasteiger partial charge in [-0.05, 0) is 71.8 Å². The van der Waals surface area contributed by atoms with Crippen LogP contribution >= 0.6 is 0 Å². The third-order valence-corrected chi connectivity index (χ3v) is 9.15. The van der Waals surface area contributed by atoms with E-state index in [-0.39, 0.29) is 0 Å². The van der Waals surface area contributed by atoms with Gasteiger partial charge in [0.1, 0.15) is 24.3 Å². The molecule has 0 atom stereocenters. The molecule has 10 aromatic rings. The Kier molecular flexibility index (Phi) is 5.19. The molecule has 6 nitrogen and oxygen atoms in total. The molecule has 10 rings (SSSR count). The molecule has 0 aliphatic carbocycles. The van der Waals surface area contributed by atoms with Crippen molar-refractivity contribution in [1.82, 2.24) is 29.1 Å². The van der Waals surface area contributed by atoms with E-state index < -0.39 is 0 Å². The van der Waals surface area contributed by atoms with Crippen LogP contribution in [0, 0.1) is 0 Å². The van der Waals surface area contributed by atoms with Gasteiger partial charge >= 0.3 is 0 Å². The van der Waals surface area contributed by atoms with Crippen LogP contribution in [0.1, 0.15) is 0 Å². The van der Waals surface area contributed by atoms with Crippen LogP contribution in [0.3, 0.4) is 0 Å². The average Bonchev–Trinajstić information content (AvgIpc) is 3.63. The fourth-order valence-corrected chi connectivity index (χ4v) is 7.10. The van der Waals surface area contributed by atoms with Crippen LogP contribution in [-0.4, -0.2) is 29.1 Å². The van der Waals surface area contributed by atoms with Gasteiger partial charge in [0.05, 0.1) is 33.1 Å². The highest BCUT2D eigenvalue weighted by atomic mass is 15.1. The van der Waals surface area contributed by atoms with Crippen molar-refractivity contribution < 1.29 is 0 Å². The minimum atomic E-state index is 0.885. The van der Waals surface area contributed by atoms with Gasteiger partial charge in [-0.15, -0.1) is 0 Å². The first-order valence-electron chi connectivity index (χ1n) is 15.3. The van der Waals surface area contributed by atoms with Crippen LogP contribution in [0.25, 0.3) is 88.2 Å². The minimum Gasteiger partial charge on any atom is -0.293 e. The van der Waals surface area contributed by atoms with Gasteiger partial charge in [-0.3, -0.25) is 9.13 Å². The normalized spacial score (nSPS) is 11.9. The number of rotatable bonds is 3. The zero-order valence-electron chi connectivity index (χ0n) is 24.5. The summed E-state index contributed by atoms with van der Waals surface area (Å²) in [5.74, 6) is 1.77. The third-order valence-electron chi connectivity index (χ3n) is 9.15. The van der Waals surface area contributed by atoms with Crippen LogP contribution in [0.4, 0.5) is 0 Å². The molecule has 0 N–H and O–H groups in total. The van der Waals surface area contributed by atoms with E-state index in [1.807, 2.05) is 36.4 Å². The molecule has 0 radical (unpaired) electrons. The molecular weight excluding hydrogens is 564 g/mol. The summed E-state index contributed by atoms with van der Waals surface area (Å²) in [5, 5.41) is 6.80. The largest absolute Gasteiger partial charge is 0.293 e. The third kappa shape index (κ3) is 3.52. The van der Waals surface area contributed by atoms with Gasteiger partial charge in [0.25, 0.3) is 0 Å². The Morgan fingerprint density at radius 2 is 0.717 bits per heavy atom. The summed E-state index contributed by atoms with van der Waals surface area (Å²) in [6.07, 6.45) is 3.31. The number of para-hydroxylation sites is 4. The van der Waals surface area contributed by atoms with Crippen molar-refractivity contribution in [3.8, 4) is 22.8 Å². The van der Waals surface area contributed by atoms with Crippen molar-refractivity contribution in [2.45, 2.75) is 0 Å². The summed E-state index contributed by atoms with van der Waals surface area (Å²) >= 11 is 0. The smallest absolute Gasteiger partial charge is 0.148 e. The first-order chi connectivity index (χ1) is 22.8. The van der Waals surface area contributed by atoms with E-state index in [0.29, 0.717) is 0 Å². The Labute approximate surface area is 262 Å². The molecule has 0 saturated heterocycles. The molecule has 214 valence electrons. The minimum absolute atomic E-state index is 0.885. The summed E-state index contributed by atoms with van der Waals surface area (Å²) in [7, 11) is 0. The lowest BCUT2D eigenvalue weighted by molar-refractivity contribution is 1.07. The molecule has 4 aromatic heterocycles. The van der Waals surface area contributed by atoms with Crippen LogP contribution in [0.5, 0.6) is 0 Å². The van der Waals surface area contributed by atoms with Gasteiger partial charge in [0, 0.05) is 32.3 Å². The molecular formula is C40H24N6. The molecule has 0 bridgehead atoms. The van der Waals surface area contributed by atoms with E-state index in [1.165, 1.54) is 21.5 Å². The fraction of sp³-hybridized carbons (Fsp3) is 0. The van der Waals surface area contributed by atoms with Gasteiger partial charge < -0.3 is 0 Å². The Balaban J connectivity index is 1.20. The fourth-order valence-electron chi connectivity index (χ4n) is 7.10. The van der Waals surface area contributed by atoms with E-state index >= 15 is 0 Å². The monoisotopic (exact) mass is 588 g/mol. The van der Waals surface area contributed by atoms with E-state index in [9.17, 15) is 0 Å². The van der Waals surface area contributed by atoms with E-state index in [1.54, 1.807) is 12.7 Å². The molecule has 4 heterocycles. The highest BCUT2D eigenvalue weighted by Crippen LogP contribution is 2.39. The highest BCUT2D eigenvalue weighted by molar-refractivity contribution is 6.13. The molecule has 0 amide bonds. The molecule has 0 spiro atoms. The molecule has 46 heavy (non-hydrogen) atoms. The number of nitrogens with zero attached hydrogens (tertiary/aromatic N) is 6. The number of fused-ring (bicyclic) bond motifs is 8. The van der Waals surface area contributed by atoms with Crippen molar-refractivity contribution in [2.24, 2.45) is 0 Å². The van der Waals surface area contributed by atoms with Gasteiger partial charge in [-0.1, -0.05) is 72.8 Å². The maximum Gasteiger partial charge on any atom is 0.148 e. The maximum absolute atomic E-state index is 4.78. The van der Waals surface area contributed by atoms with E-state index in [2.05, 4.69) is 116 Å². The predicted molar refractivity (Wildman–Crippen MR) is 187 cm³/mol. The molecule has 0 unspecified atom stereocenters. The zero-order valence-corrected chi connectivity index (χ0v) is 24.5. The number of hydrogen-bond acceptors (Lipinski definition) is 4. The Morgan fingerprint density at radius 1 is 0.326 bits per heavy atom. The van der Waals surface area contributed by atoms with Gasteiger partial charge in [0.2, 0.25) is 0 Å². The summed E-state index contributed by atoms with van der Waals surface area (Å²) in [6, 6.07) is 47.0. The standard InChI is InChI=1S/C40H24N6/c1-5-13-33-29(11-1)39(43-23-41-33)45-35-15-7-3-9-27(35)31-21-25(17-19-37(31)45)26-18-20-38-32(22-26)28-10-4-8-16-36(28)46(38)40-30-12-2-6-14-34(30)42-24-44-40/h1-24H. The summed E-state index contributed by atoms with van der Waals surface area (Å²) in [4.78, 5) is 18.6. The van der Waals surface area contributed by atoms with Crippen molar-refractivity contribution in [3.05, 3.63) is 146 Å². The Hall–Kier alpha value is -6.40. The average molecular weight is 589 g/mol. The quantitative estimate of drug-likeness (QED) is 0.206.